The van der Waals surface area contributed by atoms with E-state index in [1.165, 1.54) is 6.07 Å². The minimum atomic E-state index is -0.465. The molecule has 2 aliphatic rings. The summed E-state index contributed by atoms with van der Waals surface area (Å²) in [7, 11) is 0. The number of likely N-dealkylation sites (tertiary alicyclic amines) is 1. The molecule has 0 radical (unpaired) electrons. The molecule has 0 N–H and O–H groups in total. The van der Waals surface area contributed by atoms with Crippen molar-refractivity contribution in [3.8, 4) is 5.75 Å². The van der Waals surface area contributed by atoms with Crippen molar-refractivity contribution in [3.05, 3.63) is 69.8 Å². The molecule has 2 saturated heterocycles. The number of thioether (sulfide) groups is 1. The molecule has 0 bridgehead atoms. The van der Waals surface area contributed by atoms with Crippen LogP contribution in [0.1, 0.15) is 28.8 Å². The molecule has 2 aromatic rings. The fraction of sp³-hybridized carbons (Fsp3) is 0.391. The summed E-state index contributed by atoms with van der Waals surface area (Å²) in [6.45, 7) is 3.30. The number of hydrogen-bond donors (Lipinski definition) is 0. The van der Waals surface area contributed by atoms with Crippen molar-refractivity contribution in [2.45, 2.75) is 24.6 Å². The minimum absolute atomic E-state index is 0.0119. The first-order valence-corrected chi connectivity index (χ1v) is 11.5. The van der Waals surface area contributed by atoms with Gasteiger partial charge in [-0.25, -0.2) is 0 Å². The van der Waals surface area contributed by atoms with Crippen molar-refractivity contribution in [3.63, 3.8) is 0 Å². The molecule has 2 amide bonds. The number of carbonyl (C=O) groups excluding carboxylic acids is 2. The smallest absolute Gasteiger partial charge is 0.273 e. The van der Waals surface area contributed by atoms with Gasteiger partial charge in [0.2, 0.25) is 0 Å². The molecule has 2 aromatic carbocycles. The largest absolute Gasteiger partial charge is 0.484 e. The molecule has 0 aliphatic carbocycles. The molecule has 0 aromatic heterocycles. The van der Waals surface area contributed by atoms with Crippen LogP contribution in [0, 0.1) is 17.0 Å². The Kier molecular flexibility index (Phi) is 6.36. The van der Waals surface area contributed by atoms with Crippen LogP contribution in [-0.2, 0) is 4.79 Å². The van der Waals surface area contributed by atoms with Gasteiger partial charge in [0.15, 0.2) is 6.61 Å². The van der Waals surface area contributed by atoms with Gasteiger partial charge in [0.05, 0.1) is 9.79 Å². The van der Waals surface area contributed by atoms with E-state index in [0.29, 0.717) is 49.4 Å². The average molecular weight is 456 g/mol. The first kappa shape index (κ1) is 22.1. The molecule has 2 fully saturated rings. The lowest BCUT2D eigenvalue weighted by atomic mass is 10.0. The van der Waals surface area contributed by atoms with Gasteiger partial charge in [-0.3, -0.25) is 19.7 Å². The molecule has 2 heterocycles. The highest BCUT2D eigenvalue weighted by Gasteiger charge is 2.47. The summed E-state index contributed by atoms with van der Waals surface area (Å²) >= 11 is 1.76. The number of ether oxygens (including phenoxy) is 1. The normalized spacial score (nSPS) is 17.4. The number of amides is 2. The maximum absolute atomic E-state index is 13.0. The topological polar surface area (TPSA) is 93.0 Å². The van der Waals surface area contributed by atoms with Crippen molar-refractivity contribution in [1.82, 2.24) is 9.80 Å². The third-order valence-corrected chi connectivity index (χ3v) is 7.62. The maximum Gasteiger partial charge on any atom is 0.273 e. The monoisotopic (exact) mass is 455 g/mol. The Morgan fingerprint density at radius 1 is 1.12 bits per heavy atom. The number of hydrogen-bond acceptors (Lipinski definition) is 6. The molecule has 0 unspecified atom stereocenters. The highest BCUT2D eigenvalue weighted by molar-refractivity contribution is 8.00. The van der Waals surface area contributed by atoms with Gasteiger partial charge in [-0.15, -0.1) is 11.8 Å². The molecule has 2 aliphatic heterocycles. The highest BCUT2D eigenvalue weighted by atomic mass is 32.2. The second kappa shape index (κ2) is 9.20. The number of piperidine rings is 1. The summed E-state index contributed by atoms with van der Waals surface area (Å²) in [6.07, 6.45) is 1.32. The van der Waals surface area contributed by atoms with Crippen LogP contribution in [0.3, 0.4) is 0 Å². The molecule has 32 heavy (non-hydrogen) atoms. The predicted octanol–water partition coefficient (Wildman–Crippen LogP) is 3.49. The van der Waals surface area contributed by atoms with Crippen molar-refractivity contribution < 1.29 is 19.2 Å². The Labute approximate surface area is 190 Å². The van der Waals surface area contributed by atoms with Gasteiger partial charge in [-0.2, -0.15) is 0 Å². The van der Waals surface area contributed by atoms with Gasteiger partial charge in [0.1, 0.15) is 5.75 Å². The first-order valence-electron chi connectivity index (χ1n) is 10.6. The van der Waals surface area contributed by atoms with Gasteiger partial charge in [0, 0.05) is 42.6 Å². The first-order chi connectivity index (χ1) is 15.4. The second-order valence-corrected chi connectivity index (χ2v) is 9.45. The SMILES string of the molecule is Cc1ccc(C(=O)N2CCC3(CC2)SCCN3C(=O)COc2ccccc2)cc1[N+](=O)[O-]. The van der Waals surface area contributed by atoms with Crippen LogP contribution in [0.4, 0.5) is 5.69 Å². The Bertz CT molecular complexity index is 1020. The average Bonchev–Trinajstić information content (AvgIpc) is 3.21. The van der Waals surface area contributed by atoms with Crippen molar-refractivity contribution in [2.75, 3.05) is 32.0 Å². The highest BCUT2D eigenvalue weighted by Crippen LogP contribution is 2.44. The molecule has 1 spiro atoms. The Morgan fingerprint density at radius 3 is 2.53 bits per heavy atom. The molecule has 4 rings (SSSR count). The van der Waals surface area contributed by atoms with E-state index in [1.807, 2.05) is 35.2 Å². The predicted molar refractivity (Wildman–Crippen MR) is 122 cm³/mol. The molecular weight excluding hydrogens is 430 g/mol. The number of carbonyl (C=O) groups is 2. The number of rotatable bonds is 5. The van der Waals surface area contributed by atoms with Crippen LogP contribution in [0.2, 0.25) is 0 Å². The van der Waals surface area contributed by atoms with Gasteiger partial charge in [-0.05, 0) is 38.0 Å². The van der Waals surface area contributed by atoms with E-state index in [4.69, 9.17) is 4.74 Å². The molecule has 9 heteroatoms. The van der Waals surface area contributed by atoms with Crippen molar-refractivity contribution in [2.24, 2.45) is 0 Å². The van der Waals surface area contributed by atoms with Gasteiger partial charge in [0.25, 0.3) is 17.5 Å². The van der Waals surface area contributed by atoms with Gasteiger partial charge in [-0.1, -0.05) is 24.3 Å². The molecule has 0 atom stereocenters. The second-order valence-electron chi connectivity index (χ2n) is 7.99. The van der Waals surface area contributed by atoms with E-state index in [0.717, 1.165) is 5.75 Å². The summed E-state index contributed by atoms with van der Waals surface area (Å²) in [5.41, 5.74) is 0.797. The third kappa shape index (κ3) is 4.43. The van der Waals surface area contributed by atoms with Crippen molar-refractivity contribution >= 4 is 29.3 Å². The van der Waals surface area contributed by atoms with Crippen LogP contribution in [0.25, 0.3) is 0 Å². The van der Waals surface area contributed by atoms with E-state index in [2.05, 4.69) is 0 Å². The summed E-state index contributed by atoms with van der Waals surface area (Å²) in [5.74, 6) is 1.26. The minimum Gasteiger partial charge on any atom is -0.484 e. The van der Waals surface area contributed by atoms with Crippen LogP contribution in [-0.4, -0.2) is 63.4 Å². The zero-order valence-corrected chi connectivity index (χ0v) is 18.7. The maximum atomic E-state index is 13.0. The van der Waals surface area contributed by atoms with Crippen molar-refractivity contribution in [1.29, 1.82) is 0 Å². The van der Waals surface area contributed by atoms with Crippen LogP contribution in [0.5, 0.6) is 5.75 Å². The fourth-order valence-corrected chi connectivity index (χ4v) is 5.77. The van der Waals surface area contributed by atoms with E-state index < -0.39 is 4.92 Å². The quantitative estimate of drug-likeness (QED) is 0.506. The number of nitro groups is 1. The Balaban J connectivity index is 1.39. The van der Waals surface area contributed by atoms with Gasteiger partial charge < -0.3 is 14.5 Å². The number of benzene rings is 2. The zero-order valence-electron chi connectivity index (χ0n) is 17.9. The lowest BCUT2D eigenvalue weighted by Crippen LogP contribution is -2.54. The number of para-hydroxylation sites is 1. The van der Waals surface area contributed by atoms with Crippen LogP contribution < -0.4 is 4.74 Å². The van der Waals surface area contributed by atoms with E-state index in [-0.39, 0.29) is 29.0 Å². The molecule has 168 valence electrons. The Hall–Kier alpha value is -3.07. The lowest BCUT2D eigenvalue weighted by molar-refractivity contribution is -0.385. The van der Waals surface area contributed by atoms with Crippen LogP contribution in [0.15, 0.2) is 48.5 Å². The summed E-state index contributed by atoms with van der Waals surface area (Å²) < 4.78 is 5.65. The van der Waals surface area contributed by atoms with E-state index in [1.54, 1.807) is 35.7 Å². The molecular formula is C23H25N3O5S. The van der Waals surface area contributed by atoms with E-state index >= 15 is 0 Å². The van der Waals surface area contributed by atoms with Gasteiger partial charge >= 0.3 is 0 Å². The summed E-state index contributed by atoms with van der Waals surface area (Å²) in [4.78, 5) is 39.9. The number of nitro benzene ring substituents is 1. The zero-order chi connectivity index (χ0) is 22.7. The Morgan fingerprint density at radius 2 is 1.84 bits per heavy atom. The number of nitrogens with zero attached hydrogens (tertiary/aromatic N) is 3. The standard InChI is InChI=1S/C23H25N3O5S/c1-17-7-8-18(15-20(17)26(29)30)22(28)24-11-9-23(10-12-24)25(13-14-32-23)21(27)16-31-19-5-3-2-4-6-19/h2-8,15H,9-14,16H2,1H3. The lowest BCUT2D eigenvalue weighted by Gasteiger charge is -2.44. The summed E-state index contributed by atoms with van der Waals surface area (Å²) in [6, 6.07) is 13.9. The molecule has 8 nitrogen and oxygen atoms in total. The summed E-state index contributed by atoms with van der Waals surface area (Å²) in [5, 5.41) is 11.2. The number of aryl methyl sites for hydroxylation is 1. The molecule has 0 saturated carbocycles. The third-order valence-electron chi connectivity index (χ3n) is 6.07. The fourth-order valence-electron chi connectivity index (χ4n) is 4.30. The van der Waals surface area contributed by atoms with Crippen LogP contribution >= 0.6 is 11.8 Å². The van der Waals surface area contributed by atoms with E-state index in [9.17, 15) is 19.7 Å².